The predicted octanol–water partition coefficient (Wildman–Crippen LogP) is 1.84. The van der Waals surface area contributed by atoms with E-state index in [-0.39, 0.29) is 6.04 Å². The molecule has 14 heavy (non-hydrogen) atoms. The Kier molecular flexibility index (Phi) is 2.64. The number of halogens is 1. The summed E-state index contributed by atoms with van der Waals surface area (Å²) in [5.41, 5.74) is 6.29. The monoisotopic (exact) mass is 255 g/mol. The van der Waals surface area contributed by atoms with Crippen molar-refractivity contribution in [1.29, 1.82) is 0 Å². The fraction of sp³-hybridized carbons (Fsp3) is 0.455. The molecule has 1 aliphatic carbocycles. The van der Waals surface area contributed by atoms with Crippen molar-refractivity contribution in [3.8, 4) is 0 Å². The fourth-order valence-corrected chi connectivity index (χ4v) is 2.31. The molecule has 76 valence electrons. The normalized spacial score (nSPS) is 31.2. The summed E-state index contributed by atoms with van der Waals surface area (Å²) in [6.45, 7) is 0. The Labute approximate surface area is 92.3 Å². The number of benzene rings is 1. The molecule has 2 rings (SSSR count). The Balaban J connectivity index is 2.01. The van der Waals surface area contributed by atoms with E-state index >= 15 is 0 Å². The van der Waals surface area contributed by atoms with E-state index in [1.807, 2.05) is 24.3 Å². The third-order valence-corrected chi connectivity index (χ3v) is 3.26. The van der Waals surface area contributed by atoms with Crippen molar-refractivity contribution in [3.63, 3.8) is 0 Å². The number of aliphatic hydroxyl groups is 1. The molecule has 0 unspecified atom stereocenters. The molecule has 0 aromatic heterocycles. The van der Waals surface area contributed by atoms with Crippen molar-refractivity contribution in [2.75, 3.05) is 0 Å². The van der Waals surface area contributed by atoms with Gasteiger partial charge in [-0.25, -0.2) is 0 Å². The molecule has 3 heteroatoms. The van der Waals surface area contributed by atoms with Gasteiger partial charge in [-0.15, -0.1) is 0 Å². The van der Waals surface area contributed by atoms with Crippen LogP contribution >= 0.6 is 15.9 Å². The second-order valence-electron chi connectivity index (χ2n) is 4.20. The highest BCUT2D eigenvalue weighted by atomic mass is 79.9. The first-order chi connectivity index (χ1) is 6.57. The first-order valence-corrected chi connectivity index (χ1v) is 5.59. The zero-order valence-corrected chi connectivity index (χ0v) is 9.50. The zero-order valence-electron chi connectivity index (χ0n) is 7.91. The fourth-order valence-electron chi connectivity index (χ4n) is 2.04. The minimum atomic E-state index is -0.548. The zero-order chi connectivity index (χ0) is 10.2. The quantitative estimate of drug-likeness (QED) is 0.848. The minimum absolute atomic E-state index is 0.190. The molecule has 0 aliphatic heterocycles. The smallest absolute Gasteiger partial charge is 0.0717 e. The van der Waals surface area contributed by atoms with Crippen LogP contribution in [-0.4, -0.2) is 16.7 Å². The van der Waals surface area contributed by atoms with E-state index in [1.54, 1.807) is 0 Å². The summed E-state index contributed by atoms with van der Waals surface area (Å²) in [6, 6.07) is 8.25. The highest BCUT2D eigenvalue weighted by Gasteiger charge is 2.40. The van der Waals surface area contributed by atoms with Crippen LogP contribution < -0.4 is 5.73 Å². The van der Waals surface area contributed by atoms with Gasteiger partial charge in [0.2, 0.25) is 0 Å². The molecule has 0 heterocycles. The summed E-state index contributed by atoms with van der Waals surface area (Å²) in [4.78, 5) is 0. The van der Waals surface area contributed by atoms with E-state index < -0.39 is 5.60 Å². The minimum Gasteiger partial charge on any atom is -0.389 e. The van der Waals surface area contributed by atoms with E-state index in [4.69, 9.17) is 5.73 Å². The third kappa shape index (κ3) is 2.16. The van der Waals surface area contributed by atoms with Crippen LogP contribution in [-0.2, 0) is 6.42 Å². The van der Waals surface area contributed by atoms with E-state index in [2.05, 4.69) is 15.9 Å². The van der Waals surface area contributed by atoms with Crippen molar-refractivity contribution >= 4 is 15.9 Å². The summed E-state index contributed by atoms with van der Waals surface area (Å²) in [7, 11) is 0. The van der Waals surface area contributed by atoms with Gasteiger partial charge in [-0.05, 0) is 30.5 Å². The Bertz CT molecular complexity index is 317. The van der Waals surface area contributed by atoms with Crippen molar-refractivity contribution < 1.29 is 5.11 Å². The van der Waals surface area contributed by atoms with Crippen LogP contribution in [0.2, 0.25) is 0 Å². The van der Waals surface area contributed by atoms with Crippen LogP contribution in [0.25, 0.3) is 0 Å². The van der Waals surface area contributed by atoms with Crippen LogP contribution in [0.5, 0.6) is 0 Å². The molecule has 3 N–H and O–H groups in total. The highest BCUT2D eigenvalue weighted by Crippen LogP contribution is 2.34. The average Bonchev–Trinajstić information content (AvgIpc) is 2.07. The predicted molar refractivity (Wildman–Crippen MR) is 60.0 cm³/mol. The van der Waals surface area contributed by atoms with Crippen molar-refractivity contribution in [3.05, 3.63) is 34.3 Å². The summed E-state index contributed by atoms with van der Waals surface area (Å²) < 4.78 is 1.07. The van der Waals surface area contributed by atoms with Gasteiger partial charge in [0.05, 0.1) is 5.60 Å². The molecule has 1 aromatic rings. The molecular weight excluding hydrogens is 242 g/mol. The lowest BCUT2D eigenvalue weighted by atomic mass is 9.73. The van der Waals surface area contributed by atoms with Gasteiger partial charge in [0.15, 0.2) is 0 Å². The van der Waals surface area contributed by atoms with Crippen molar-refractivity contribution in [2.24, 2.45) is 5.73 Å². The lowest BCUT2D eigenvalue weighted by Gasteiger charge is -2.42. The van der Waals surface area contributed by atoms with Crippen LogP contribution in [0.4, 0.5) is 0 Å². The molecule has 0 amide bonds. The van der Waals surface area contributed by atoms with E-state index in [0.29, 0.717) is 6.42 Å². The molecular formula is C11H14BrNO. The maximum absolute atomic E-state index is 10.0. The largest absolute Gasteiger partial charge is 0.389 e. The van der Waals surface area contributed by atoms with Gasteiger partial charge in [-0.3, -0.25) is 0 Å². The molecule has 0 saturated heterocycles. The standard InChI is InChI=1S/C11H14BrNO/c12-9-3-1-8(2-4-9)5-11(14)6-10(13)7-11/h1-4,10,14H,5-7,13H2. The average molecular weight is 256 g/mol. The van der Waals surface area contributed by atoms with Gasteiger partial charge in [0, 0.05) is 16.9 Å². The number of hydrogen-bond acceptors (Lipinski definition) is 2. The molecule has 0 bridgehead atoms. The molecule has 1 saturated carbocycles. The summed E-state index contributed by atoms with van der Waals surface area (Å²) in [6.07, 6.45) is 2.17. The molecule has 0 radical (unpaired) electrons. The topological polar surface area (TPSA) is 46.2 Å². The number of nitrogens with two attached hydrogens (primary N) is 1. The van der Waals surface area contributed by atoms with Crippen molar-refractivity contribution in [2.45, 2.75) is 30.9 Å². The van der Waals surface area contributed by atoms with Gasteiger partial charge in [0.1, 0.15) is 0 Å². The Morgan fingerprint density at radius 2 is 1.93 bits per heavy atom. The van der Waals surface area contributed by atoms with E-state index in [9.17, 15) is 5.11 Å². The lowest BCUT2D eigenvalue weighted by molar-refractivity contribution is -0.0455. The second-order valence-corrected chi connectivity index (χ2v) is 5.11. The van der Waals surface area contributed by atoms with Gasteiger partial charge in [0.25, 0.3) is 0 Å². The summed E-state index contributed by atoms with van der Waals surface area (Å²) in [5, 5.41) is 10.0. The highest BCUT2D eigenvalue weighted by molar-refractivity contribution is 9.10. The van der Waals surface area contributed by atoms with Crippen LogP contribution in [0.3, 0.4) is 0 Å². The molecule has 2 nitrogen and oxygen atoms in total. The van der Waals surface area contributed by atoms with Gasteiger partial charge < -0.3 is 10.8 Å². The lowest BCUT2D eigenvalue weighted by Crippen LogP contribution is -2.52. The first kappa shape index (κ1) is 10.1. The molecule has 0 atom stereocenters. The van der Waals surface area contributed by atoms with Crippen molar-refractivity contribution in [1.82, 2.24) is 0 Å². The molecule has 1 aromatic carbocycles. The van der Waals surface area contributed by atoms with Gasteiger partial charge in [-0.2, -0.15) is 0 Å². The number of rotatable bonds is 2. The van der Waals surface area contributed by atoms with Crippen LogP contribution in [0, 0.1) is 0 Å². The SMILES string of the molecule is NC1CC(O)(Cc2ccc(Br)cc2)C1. The maximum atomic E-state index is 10.0. The molecule has 0 spiro atoms. The summed E-state index contributed by atoms with van der Waals surface area (Å²) in [5.74, 6) is 0. The van der Waals surface area contributed by atoms with Crippen LogP contribution in [0.15, 0.2) is 28.7 Å². The second kappa shape index (κ2) is 3.65. The van der Waals surface area contributed by atoms with Gasteiger partial charge in [-0.1, -0.05) is 28.1 Å². The molecule has 1 aliphatic rings. The molecule has 1 fully saturated rings. The Morgan fingerprint density at radius 1 is 1.36 bits per heavy atom. The number of hydrogen-bond donors (Lipinski definition) is 2. The van der Waals surface area contributed by atoms with E-state index in [0.717, 1.165) is 17.3 Å². The third-order valence-electron chi connectivity index (χ3n) is 2.73. The van der Waals surface area contributed by atoms with Gasteiger partial charge >= 0.3 is 0 Å². The summed E-state index contributed by atoms with van der Waals surface area (Å²) >= 11 is 3.38. The Morgan fingerprint density at radius 3 is 2.43 bits per heavy atom. The first-order valence-electron chi connectivity index (χ1n) is 4.80. The Hall–Kier alpha value is -0.380. The van der Waals surface area contributed by atoms with Crippen LogP contribution in [0.1, 0.15) is 18.4 Å². The maximum Gasteiger partial charge on any atom is 0.0717 e. The van der Waals surface area contributed by atoms with E-state index in [1.165, 1.54) is 5.56 Å².